The highest BCUT2D eigenvalue weighted by Crippen LogP contribution is 2.49. The molecule has 9 heteroatoms. The van der Waals surface area contributed by atoms with Crippen molar-refractivity contribution in [3.63, 3.8) is 0 Å². The predicted molar refractivity (Wildman–Crippen MR) is 166 cm³/mol. The van der Waals surface area contributed by atoms with Gasteiger partial charge in [-0.1, -0.05) is 48.0 Å². The molecular formula is C32H28N4O3S2. The maximum Gasteiger partial charge on any atom is 0.244 e. The number of aryl methyl sites for hydroxylation is 1. The zero-order valence-corrected chi connectivity index (χ0v) is 24.2. The van der Waals surface area contributed by atoms with Gasteiger partial charge in [-0.3, -0.25) is 14.5 Å². The van der Waals surface area contributed by atoms with Crippen molar-refractivity contribution in [2.75, 3.05) is 29.6 Å². The number of methoxy groups -OCH3 is 1. The molecule has 1 atom stereocenters. The number of amides is 2. The van der Waals surface area contributed by atoms with Crippen molar-refractivity contribution in [3.05, 3.63) is 112 Å². The molecule has 3 aromatic carbocycles. The van der Waals surface area contributed by atoms with Crippen LogP contribution in [0.1, 0.15) is 21.9 Å². The van der Waals surface area contributed by atoms with Gasteiger partial charge in [0.25, 0.3) is 0 Å². The number of fused-ring (bicyclic) bond motifs is 1. The van der Waals surface area contributed by atoms with Crippen LogP contribution in [0.4, 0.5) is 11.5 Å². The highest BCUT2D eigenvalue weighted by molar-refractivity contribution is 8.00. The first kappa shape index (κ1) is 26.9. The normalized spacial score (nSPS) is 14.8. The second kappa shape index (κ2) is 11.6. The third-order valence-electron chi connectivity index (χ3n) is 6.94. The zero-order chi connectivity index (χ0) is 28.3. The lowest BCUT2D eigenvalue weighted by atomic mass is 10.0. The first-order chi connectivity index (χ1) is 20.0. The highest BCUT2D eigenvalue weighted by Gasteiger charge is 2.37. The minimum absolute atomic E-state index is 0.146. The Balaban J connectivity index is 1.53. The van der Waals surface area contributed by atoms with Gasteiger partial charge in [-0.15, -0.1) is 11.8 Å². The number of anilines is 2. The Morgan fingerprint density at radius 1 is 1.02 bits per heavy atom. The van der Waals surface area contributed by atoms with E-state index >= 15 is 0 Å². The molecule has 3 heterocycles. The van der Waals surface area contributed by atoms with E-state index in [9.17, 15) is 9.59 Å². The molecule has 0 fully saturated rings. The summed E-state index contributed by atoms with van der Waals surface area (Å²) in [5, 5.41) is 12.1. The van der Waals surface area contributed by atoms with Crippen molar-refractivity contribution in [2.45, 2.75) is 12.2 Å². The number of thiophene rings is 1. The summed E-state index contributed by atoms with van der Waals surface area (Å²) in [6, 6.07) is 27.2. The molecule has 1 aliphatic heterocycles. The van der Waals surface area contributed by atoms with E-state index in [2.05, 4.69) is 16.8 Å². The van der Waals surface area contributed by atoms with E-state index in [0.717, 1.165) is 33.6 Å². The molecule has 41 heavy (non-hydrogen) atoms. The van der Waals surface area contributed by atoms with E-state index in [-0.39, 0.29) is 29.4 Å². The molecule has 1 N–H and O–H groups in total. The van der Waals surface area contributed by atoms with Gasteiger partial charge in [0.1, 0.15) is 18.1 Å². The van der Waals surface area contributed by atoms with Crippen LogP contribution in [0, 0.1) is 6.92 Å². The minimum Gasteiger partial charge on any atom is -0.497 e. The summed E-state index contributed by atoms with van der Waals surface area (Å²) in [5.74, 6) is 1.11. The van der Waals surface area contributed by atoms with E-state index in [1.165, 1.54) is 0 Å². The molecular weight excluding hydrogens is 553 g/mol. The molecule has 6 rings (SSSR count). The molecule has 2 aromatic heterocycles. The maximum atomic E-state index is 13.8. The number of carbonyl (C=O) groups excluding carboxylic acids is 2. The van der Waals surface area contributed by atoms with Crippen molar-refractivity contribution < 1.29 is 14.3 Å². The summed E-state index contributed by atoms with van der Waals surface area (Å²) in [4.78, 5) is 28.8. The molecule has 0 saturated heterocycles. The number of rotatable bonds is 7. The van der Waals surface area contributed by atoms with Gasteiger partial charge in [-0.05, 0) is 65.7 Å². The van der Waals surface area contributed by atoms with Crippen LogP contribution in [-0.4, -0.2) is 41.0 Å². The van der Waals surface area contributed by atoms with Crippen LogP contribution < -0.4 is 15.0 Å². The fraction of sp³-hybridized carbons (Fsp3) is 0.156. The topological polar surface area (TPSA) is 76.5 Å². The van der Waals surface area contributed by atoms with E-state index in [0.29, 0.717) is 17.3 Å². The van der Waals surface area contributed by atoms with E-state index in [1.54, 1.807) is 39.8 Å². The van der Waals surface area contributed by atoms with Gasteiger partial charge in [-0.25, -0.2) is 4.68 Å². The van der Waals surface area contributed by atoms with E-state index < -0.39 is 0 Å². The fourth-order valence-corrected chi connectivity index (χ4v) is 6.86. The van der Waals surface area contributed by atoms with Crippen LogP contribution in [0.3, 0.4) is 0 Å². The average molecular weight is 581 g/mol. The zero-order valence-electron chi connectivity index (χ0n) is 22.6. The van der Waals surface area contributed by atoms with Crippen molar-refractivity contribution in [1.82, 2.24) is 9.78 Å². The molecule has 0 aliphatic carbocycles. The number of thioether (sulfide) groups is 1. The van der Waals surface area contributed by atoms with Gasteiger partial charge < -0.3 is 10.1 Å². The summed E-state index contributed by atoms with van der Waals surface area (Å²) in [5.41, 5.74) is 6.27. The standard InChI is InChI=1S/C32H28N4O3S2/c1-21-8-10-24(11-9-21)33-27(37)18-35-28(38)20-41-31(23-16-17-40-19-23)29-30(22-6-4-3-5-7-22)34-36(32(29)35)25-12-14-26(39-2)15-13-25/h3-17,19,31H,18,20H2,1-2H3,(H,33,37). The Kier molecular flexibility index (Phi) is 7.63. The molecule has 7 nitrogen and oxygen atoms in total. The molecule has 1 unspecified atom stereocenters. The van der Waals surface area contributed by atoms with E-state index in [4.69, 9.17) is 9.84 Å². The van der Waals surface area contributed by atoms with Crippen molar-refractivity contribution in [3.8, 4) is 22.7 Å². The van der Waals surface area contributed by atoms with Crippen LogP contribution in [0.5, 0.6) is 5.75 Å². The van der Waals surface area contributed by atoms with Crippen LogP contribution >= 0.6 is 23.1 Å². The van der Waals surface area contributed by atoms with Crippen LogP contribution in [0.25, 0.3) is 16.9 Å². The van der Waals surface area contributed by atoms with Gasteiger partial charge in [0.15, 0.2) is 0 Å². The predicted octanol–water partition coefficient (Wildman–Crippen LogP) is 6.73. The summed E-state index contributed by atoms with van der Waals surface area (Å²) >= 11 is 3.18. The molecule has 1 aliphatic rings. The quantitative estimate of drug-likeness (QED) is 0.231. The summed E-state index contributed by atoms with van der Waals surface area (Å²) in [7, 11) is 1.62. The van der Waals surface area contributed by atoms with E-state index in [1.807, 2.05) is 91.2 Å². The third-order valence-corrected chi connectivity index (χ3v) is 8.89. The molecule has 0 bridgehead atoms. The van der Waals surface area contributed by atoms with Gasteiger partial charge in [-0.2, -0.15) is 16.4 Å². The minimum atomic E-state index is -0.282. The van der Waals surface area contributed by atoms with Crippen molar-refractivity contribution in [2.24, 2.45) is 0 Å². The molecule has 2 amide bonds. The Hall–Kier alpha value is -4.34. The fourth-order valence-electron chi connectivity index (χ4n) is 4.90. The number of aromatic nitrogens is 2. The van der Waals surface area contributed by atoms with Gasteiger partial charge >= 0.3 is 0 Å². The molecule has 5 aromatic rings. The number of hydrogen-bond acceptors (Lipinski definition) is 6. The Labute approximate surface area is 246 Å². The third kappa shape index (κ3) is 5.51. The summed E-state index contributed by atoms with van der Waals surface area (Å²) in [6.45, 7) is 1.85. The number of carbonyl (C=O) groups is 2. The smallest absolute Gasteiger partial charge is 0.244 e. The lowest BCUT2D eigenvalue weighted by Crippen LogP contribution is -2.40. The van der Waals surface area contributed by atoms with Gasteiger partial charge in [0.2, 0.25) is 11.8 Å². The Morgan fingerprint density at radius 3 is 2.46 bits per heavy atom. The SMILES string of the molecule is COc1ccc(-n2nc(-c3ccccc3)c3c2N(CC(=O)Nc2ccc(C)cc2)C(=O)CSC3c2ccsc2)cc1. The maximum absolute atomic E-state index is 13.8. The second-order valence-corrected chi connectivity index (χ2v) is 11.6. The number of nitrogens with one attached hydrogen (secondary N) is 1. The van der Waals surface area contributed by atoms with Gasteiger partial charge in [0, 0.05) is 16.8 Å². The largest absolute Gasteiger partial charge is 0.497 e. The lowest BCUT2D eigenvalue weighted by Gasteiger charge is -2.23. The Bertz CT molecular complexity index is 1660. The molecule has 0 radical (unpaired) electrons. The monoisotopic (exact) mass is 580 g/mol. The number of benzene rings is 3. The van der Waals surface area contributed by atoms with Crippen LogP contribution in [-0.2, 0) is 9.59 Å². The summed E-state index contributed by atoms with van der Waals surface area (Å²) in [6.07, 6.45) is 0. The lowest BCUT2D eigenvalue weighted by molar-refractivity contribution is -0.120. The van der Waals surface area contributed by atoms with Crippen LogP contribution in [0.2, 0.25) is 0 Å². The first-order valence-corrected chi connectivity index (χ1v) is 15.1. The summed E-state index contributed by atoms with van der Waals surface area (Å²) < 4.78 is 7.17. The Morgan fingerprint density at radius 2 is 1.78 bits per heavy atom. The van der Waals surface area contributed by atoms with Gasteiger partial charge in [0.05, 0.1) is 29.5 Å². The van der Waals surface area contributed by atoms with Crippen molar-refractivity contribution >= 4 is 46.4 Å². The molecule has 206 valence electrons. The molecule has 0 spiro atoms. The number of hydrogen-bond donors (Lipinski definition) is 1. The number of ether oxygens (including phenoxy) is 1. The second-order valence-electron chi connectivity index (χ2n) is 9.70. The van der Waals surface area contributed by atoms with Crippen LogP contribution in [0.15, 0.2) is 95.7 Å². The number of nitrogens with zero attached hydrogens (tertiary/aromatic N) is 3. The van der Waals surface area contributed by atoms with Crippen molar-refractivity contribution in [1.29, 1.82) is 0 Å². The highest BCUT2D eigenvalue weighted by atomic mass is 32.2. The molecule has 0 saturated carbocycles. The first-order valence-electron chi connectivity index (χ1n) is 13.1. The average Bonchev–Trinajstić information content (AvgIpc) is 3.64.